The number of hydrogen-bond donors (Lipinski definition) is 1. The lowest BCUT2D eigenvalue weighted by Crippen LogP contribution is -2.25. The smallest absolute Gasteiger partial charge is 0.0834 e. The van der Waals surface area contributed by atoms with E-state index in [1.54, 1.807) is 6.20 Å². The topological polar surface area (TPSA) is 47.1 Å². The van der Waals surface area contributed by atoms with Crippen LogP contribution >= 0.6 is 11.6 Å². The molecule has 0 spiro atoms. The number of rotatable bonds is 5. The van der Waals surface area contributed by atoms with E-state index in [0.29, 0.717) is 5.92 Å². The molecule has 3 aliphatic rings. The summed E-state index contributed by atoms with van der Waals surface area (Å²) in [4.78, 5) is 2.16. The van der Waals surface area contributed by atoms with Crippen molar-refractivity contribution >= 4 is 11.6 Å². The number of fused-ring (bicyclic) bond motifs is 5. The maximum atomic E-state index is 6.64. The standard InChI is InChI=1S/C16H25ClN4/c1-20(2)5-6-21-16(11(17)8-19-21)15(18)14-12-9-3-4-10(7-9)13(12)14/h8-10,12-15H,3-7,18H2,1-2H3. The van der Waals surface area contributed by atoms with Gasteiger partial charge < -0.3 is 10.6 Å². The van der Waals surface area contributed by atoms with E-state index in [-0.39, 0.29) is 6.04 Å². The van der Waals surface area contributed by atoms with Crippen LogP contribution in [-0.2, 0) is 6.54 Å². The van der Waals surface area contributed by atoms with Crippen molar-refractivity contribution in [3.8, 4) is 0 Å². The third kappa shape index (κ3) is 2.14. The van der Waals surface area contributed by atoms with E-state index in [4.69, 9.17) is 17.3 Å². The van der Waals surface area contributed by atoms with Crippen molar-refractivity contribution in [3.05, 3.63) is 16.9 Å². The molecule has 4 nitrogen and oxygen atoms in total. The second-order valence-corrected chi connectivity index (χ2v) is 7.90. The maximum Gasteiger partial charge on any atom is 0.0834 e. The average molecular weight is 309 g/mol. The monoisotopic (exact) mass is 308 g/mol. The highest BCUT2D eigenvalue weighted by Gasteiger charge is 2.66. The zero-order chi connectivity index (χ0) is 14.7. The second-order valence-electron chi connectivity index (χ2n) is 7.50. The van der Waals surface area contributed by atoms with E-state index in [2.05, 4.69) is 24.1 Å². The van der Waals surface area contributed by atoms with Crippen molar-refractivity contribution in [3.63, 3.8) is 0 Å². The zero-order valence-electron chi connectivity index (χ0n) is 12.9. The third-order valence-electron chi connectivity index (χ3n) is 6.12. The first-order valence-electron chi connectivity index (χ1n) is 8.19. The van der Waals surface area contributed by atoms with Crippen molar-refractivity contribution in [2.75, 3.05) is 20.6 Å². The van der Waals surface area contributed by atoms with Crippen LogP contribution in [-0.4, -0.2) is 35.3 Å². The van der Waals surface area contributed by atoms with Gasteiger partial charge in [0.15, 0.2) is 0 Å². The van der Waals surface area contributed by atoms with Crippen LogP contribution in [0.2, 0.25) is 5.02 Å². The summed E-state index contributed by atoms with van der Waals surface area (Å²) in [5.74, 6) is 4.32. The average Bonchev–Trinajstić information content (AvgIpc) is 2.74. The van der Waals surface area contributed by atoms with Gasteiger partial charge in [0.2, 0.25) is 0 Å². The van der Waals surface area contributed by atoms with Crippen molar-refractivity contribution in [2.45, 2.75) is 31.8 Å². The third-order valence-corrected chi connectivity index (χ3v) is 6.41. The van der Waals surface area contributed by atoms with Crippen LogP contribution in [0.4, 0.5) is 0 Å². The molecule has 3 fully saturated rings. The normalized spacial score (nSPS) is 38.0. The fourth-order valence-electron chi connectivity index (χ4n) is 5.23. The molecule has 0 amide bonds. The largest absolute Gasteiger partial charge is 0.322 e. The molecular weight excluding hydrogens is 284 g/mol. The van der Waals surface area contributed by atoms with E-state index in [9.17, 15) is 0 Å². The molecule has 0 radical (unpaired) electrons. The fourth-order valence-corrected chi connectivity index (χ4v) is 5.50. The summed E-state index contributed by atoms with van der Waals surface area (Å²) in [5.41, 5.74) is 7.70. The number of nitrogens with zero attached hydrogens (tertiary/aromatic N) is 3. The number of halogens is 1. The molecule has 21 heavy (non-hydrogen) atoms. The van der Waals surface area contributed by atoms with Gasteiger partial charge in [-0.15, -0.1) is 0 Å². The summed E-state index contributed by atoms with van der Waals surface area (Å²) in [6, 6.07) is 0.0700. The van der Waals surface area contributed by atoms with Crippen molar-refractivity contribution in [1.29, 1.82) is 0 Å². The quantitative estimate of drug-likeness (QED) is 0.908. The Balaban J connectivity index is 1.52. The van der Waals surface area contributed by atoms with Crippen molar-refractivity contribution < 1.29 is 0 Å². The number of aromatic nitrogens is 2. The van der Waals surface area contributed by atoms with Crippen LogP contribution in [0.15, 0.2) is 6.20 Å². The highest BCUT2D eigenvalue weighted by Crippen LogP contribution is 2.71. The molecule has 2 bridgehead atoms. The molecule has 3 aliphatic carbocycles. The van der Waals surface area contributed by atoms with Crippen molar-refractivity contribution in [1.82, 2.24) is 14.7 Å². The lowest BCUT2D eigenvalue weighted by Gasteiger charge is -2.19. The van der Waals surface area contributed by atoms with E-state index in [1.165, 1.54) is 19.3 Å². The predicted octanol–water partition coefficient (Wildman–Crippen LogP) is 2.39. The summed E-state index contributed by atoms with van der Waals surface area (Å²) in [5, 5.41) is 5.19. The van der Waals surface area contributed by atoms with Gasteiger partial charge in [-0.05, 0) is 62.9 Å². The minimum Gasteiger partial charge on any atom is -0.322 e. The first-order chi connectivity index (χ1) is 10.1. The highest BCUT2D eigenvalue weighted by molar-refractivity contribution is 6.31. The first-order valence-corrected chi connectivity index (χ1v) is 8.57. The summed E-state index contributed by atoms with van der Waals surface area (Å²) >= 11 is 6.40. The summed E-state index contributed by atoms with van der Waals surface area (Å²) in [7, 11) is 4.15. The Morgan fingerprint density at radius 3 is 2.67 bits per heavy atom. The lowest BCUT2D eigenvalue weighted by molar-refractivity contribution is 0.355. The van der Waals surface area contributed by atoms with Gasteiger partial charge in [0.25, 0.3) is 0 Å². The van der Waals surface area contributed by atoms with Crippen LogP contribution in [0.3, 0.4) is 0 Å². The number of nitrogens with two attached hydrogens (primary N) is 1. The molecule has 2 N–H and O–H groups in total. The lowest BCUT2D eigenvalue weighted by atomic mass is 9.96. The summed E-state index contributed by atoms with van der Waals surface area (Å²) < 4.78 is 2.03. The molecule has 1 aromatic heterocycles. The van der Waals surface area contributed by atoms with Crippen LogP contribution in [0.25, 0.3) is 0 Å². The molecule has 5 heteroatoms. The van der Waals surface area contributed by atoms with Crippen LogP contribution in [0.1, 0.15) is 31.0 Å². The Labute approximate surface area is 131 Å². The van der Waals surface area contributed by atoms with Gasteiger partial charge >= 0.3 is 0 Å². The second kappa shape index (κ2) is 4.97. The molecular formula is C16H25ClN4. The van der Waals surface area contributed by atoms with E-state index < -0.39 is 0 Å². The van der Waals surface area contributed by atoms with E-state index in [1.807, 2.05) is 4.68 Å². The number of hydrogen-bond acceptors (Lipinski definition) is 3. The Bertz CT molecular complexity index is 524. The Morgan fingerprint density at radius 1 is 1.38 bits per heavy atom. The Hall–Kier alpha value is -0.580. The summed E-state index contributed by atoms with van der Waals surface area (Å²) in [6.07, 6.45) is 6.09. The molecule has 4 rings (SSSR count). The molecule has 1 heterocycles. The summed E-state index contributed by atoms with van der Waals surface area (Å²) in [6.45, 7) is 1.82. The fraction of sp³-hybridized carbons (Fsp3) is 0.812. The SMILES string of the molecule is CN(C)CCn1ncc(Cl)c1C(N)C1C2C3CCC(C3)C21. The maximum absolute atomic E-state index is 6.64. The van der Waals surface area contributed by atoms with Gasteiger partial charge in [-0.3, -0.25) is 4.68 Å². The molecule has 5 unspecified atom stereocenters. The molecule has 5 atom stereocenters. The minimum absolute atomic E-state index is 0.0700. The minimum atomic E-state index is 0.0700. The molecule has 3 saturated carbocycles. The Morgan fingerprint density at radius 2 is 2.05 bits per heavy atom. The Kier molecular flexibility index (Phi) is 3.32. The molecule has 0 saturated heterocycles. The highest BCUT2D eigenvalue weighted by atomic mass is 35.5. The van der Waals surface area contributed by atoms with Gasteiger partial charge in [0.05, 0.1) is 29.5 Å². The molecule has 1 aromatic rings. The molecule has 0 aromatic carbocycles. The molecule has 116 valence electrons. The van der Waals surface area contributed by atoms with Crippen molar-refractivity contribution in [2.24, 2.45) is 35.3 Å². The zero-order valence-corrected chi connectivity index (χ0v) is 13.6. The number of likely N-dealkylation sites (N-methyl/N-ethyl adjacent to an activating group) is 1. The van der Waals surface area contributed by atoms with Gasteiger partial charge in [-0.1, -0.05) is 11.6 Å². The van der Waals surface area contributed by atoms with Crippen LogP contribution in [0, 0.1) is 29.6 Å². The van der Waals surface area contributed by atoms with E-state index >= 15 is 0 Å². The predicted molar refractivity (Wildman–Crippen MR) is 84.0 cm³/mol. The van der Waals surface area contributed by atoms with Gasteiger partial charge in [-0.2, -0.15) is 5.10 Å². The first kappa shape index (κ1) is 14.0. The molecule has 0 aliphatic heterocycles. The van der Waals surface area contributed by atoms with Crippen LogP contribution in [0.5, 0.6) is 0 Å². The van der Waals surface area contributed by atoms with Gasteiger partial charge in [0, 0.05) is 6.54 Å². The van der Waals surface area contributed by atoms with Gasteiger partial charge in [0.1, 0.15) is 0 Å². The van der Waals surface area contributed by atoms with Gasteiger partial charge in [-0.25, -0.2) is 0 Å². The van der Waals surface area contributed by atoms with Crippen LogP contribution < -0.4 is 5.73 Å². The van der Waals surface area contributed by atoms with E-state index in [0.717, 1.165) is 47.5 Å².